The molecule has 0 atom stereocenters. The van der Waals surface area contributed by atoms with Gasteiger partial charge in [0.2, 0.25) is 0 Å². The van der Waals surface area contributed by atoms with Crippen LogP contribution in [-0.2, 0) is 18.6 Å². The minimum atomic E-state index is -0.257. The van der Waals surface area contributed by atoms with E-state index >= 15 is 0 Å². The van der Waals surface area contributed by atoms with Crippen LogP contribution in [0.3, 0.4) is 0 Å². The summed E-state index contributed by atoms with van der Waals surface area (Å²) >= 11 is 2.90. The molecule has 6 heteroatoms. The molecule has 1 N–H and O–H groups in total. The number of hydrogen-bond acceptors (Lipinski definition) is 4. The van der Waals surface area contributed by atoms with E-state index < -0.39 is 0 Å². The summed E-state index contributed by atoms with van der Waals surface area (Å²) in [4.78, 5) is 21.1. The van der Waals surface area contributed by atoms with Crippen molar-refractivity contribution in [2.45, 2.75) is 36.6 Å². The van der Waals surface area contributed by atoms with Crippen molar-refractivity contribution in [1.82, 2.24) is 9.97 Å². The van der Waals surface area contributed by atoms with Crippen LogP contribution in [0, 0.1) is 5.82 Å². The van der Waals surface area contributed by atoms with Crippen LogP contribution in [0.1, 0.15) is 29.5 Å². The second kappa shape index (κ2) is 7.76. The van der Waals surface area contributed by atoms with Crippen LogP contribution >= 0.6 is 23.1 Å². The molecule has 0 unspecified atom stereocenters. The maximum atomic E-state index is 13.4. The van der Waals surface area contributed by atoms with Crippen molar-refractivity contribution < 1.29 is 4.39 Å². The second-order valence-electron chi connectivity index (χ2n) is 7.31. The molecule has 0 fully saturated rings. The van der Waals surface area contributed by atoms with Gasteiger partial charge < -0.3 is 4.98 Å². The summed E-state index contributed by atoms with van der Waals surface area (Å²) in [5, 5.41) is 3.24. The minimum absolute atomic E-state index is 0.120. The first-order valence-electron chi connectivity index (χ1n) is 9.68. The summed E-state index contributed by atoms with van der Waals surface area (Å²) in [6.45, 7) is 0. The van der Waals surface area contributed by atoms with E-state index in [1.165, 1.54) is 59.2 Å². The fraction of sp³-hybridized carbons (Fsp3) is 0.217. The van der Waals surface area contributed by atoms with Crippen molar-refractivity contribution in [3.63, 3.8) is 0 Å². The number of benzene rings is 2. The van der Waals surface area contributed by atoms with Crippen LogP contribution in [0.5, 0.6) is 0 Å². The molecule has 3 nitrogen and oxygen atoms in total. The summed E-state index contributed by atoms with van der Waals surface area (Å²) in [6.07, 6.45) is 4.75. The van der Waals surface area contributed by atoms with Crippen LogP contribution in [0.15, 0.2) is 57.8 Å². The lowest BCUT2D eigenvalue weighted by Gasteiger charge is -2.16. The molecule has 2 heterocycles. The standard InChI is InChI=1S/C23H19FN2OS2/c24-18-7-3-4-14(10-18)12-29-23-25-21(27)20-19(13-28-22(20)26-23)17-9-8-15-5-1-2-6-16(15)11-17/h3-4,7-11,13H,1-2,5-6,12H2,(H,25,26,27). The number of hydrogen-bond donors (Lipinski definition) is 1. The maximum absolute atomic E-state index is 13.4. The number of rotatable bonds is 4. The fourth-order valence-electron chi connectivity index (χ4n) is 3.89. The van der Waals surface area contributed by atoms with Gasteiger partial charge in [-0.25, -0.2) is 9.37 Å². The zero-order chi connectivity index (χ0) is 19.8. The molecule has 146 valence electrons. The van der Waals surface area contributed by atoms with Gasteiger partial charge in [-0.05, 0) is 60.1 Å². The van der Waals surface area contributed by atoms with Gasteiger partial charge in [-0.15, -0.1) is 11.3 Å². The van der Waals surface area contributed by atoms with E-state index in [1.807, 2.05) is 11.4 Å². The lowest BCUT2D eigenvalue weighted by atomic mass is 9.89. The summed E-state index contributed by atoms with van der Waals surface area (Å²) in [5.41, 5.74) is 5.62. The number of aromatic amines is 1. The summed E-state index contributed by atoms with van der Waals surface area (Å²) in [5.74, 6) is 0.294. The van der Waals surface area contributed by atoms with E-state index in [0.29, 0.717) is 16.3 Å². The molecule has 0 saturated carbocycles. The van der Waals surface area contributed by atoms with Crippen molar-refractivity contribution in [3.8, 4) is 11.1 Å². The Balaban J connectivity index is 1.46. The molecule has 2 aromatic carbocycles. The van der Waals surface area contributed by atoms with Gasteiger partial charge in [-0.3, -0.25) is 4.79 Å². The highest BCUT2D eigenvalue weighted by Gasteiger charge is 2.16. The minimum Gasteiger partial charge on any atom is -0.301 e. The van der Waals surface area contributed by atoms with E-state index in [2.05, 4.69) is 28.2 Å². The molecule has 0 radical (unpaired) electrons. The van der Waals surface area contributed by atoms with E-state index in [4.69, 9.17) is 0 Å². The summed E-state index contributed by atoms with van der Waals surface area (Å²) < 4.78 is 13.4. The van der Waals surface area contributed by atoms with Crippen molar-refractivity contribution in [2.24, 2.45) is 0 Å². The topological polar surface area (TPSA) is 45.8 Å². The largest absolute Gasteiger partial charge is 0.301 e. The Morgan fingerprint density at radius 1 is 1.10 bits per heavy atom. The molecule has 0 aliphatic heterocycles. The van der Waals surface area contributed by atoms with Crippen molar-refractivity contribution in [1.29, 1.82) is 0 Å². The third-order valence-corrected chi connectivity index (χ3v) is 7.16. The van der Waals surface area contributed by atoms with Crippen LogP contribution in [-0.4, -0.2) is 9.97 Å². The molecule has 4 aromatic rings. The van der Waals surface area contributed by atoms with Gasteiger partial charge in [0.15, 0.2) is 5.16 Å². The number of H-pyrrole nitrogens is 1. The van der Waals surface area contributed by atoms with Crippen molar-refractivity contribution >= 4 is 33.3 Å². The molecule has 0 bridgehead atoms. The van der Waals surface area contributed by atoms with E-state index in [1.54, 1.807) is 6.07 Å². The average molecular weight is 423 g/mol. The van der Waals surface area contributed by atoms with Crippen molar-refractivity contribution in [2.75, 3.05) is 0 Å². The summed E-state index contributed by atoms with van der Waals surface area (Å²) in [6, 6.07) is 13.1. The van der Waals surface area contributed by atoms with Crippen LogP contribution in [0.2, 0.25) is 0 Å². The number of halogens is 1. The molecule has 29 heavy (non-hydrogen) atoms. The van der Waals surface area contributed by atoms with Crippen LogP contribution < -0.4 is 5.56 Å². The first-order valence-corrected chi connectivity index (χ1v) is 11.5. The number of thiophene rings is 1. The number of nitrogens with zero attached hydrogens (tertiary/aromatic N) is 1. The normalized spacial score (nSPS) is 13.6. The monoisotopic (exact) mass is 422 g/mol. The Morgan fingerprint density at radius 3 is 2.83 bits per heavy atom. The quantitative estimate of drug-likeness (QED) is 0.326. The Labute approximate surface area is 176 Å². The number of nitrogens with one attached hydrogen (secondary N) is 1. The molecule has 1 aliphatic carbocycles. The highest BCUT2D eigenvalue weighted by Crippen LogP contribution is 2.34. The van der Waals surface area contributed by atoms with Crippen LogP contribution in [0.4, 0.5) is 4.39 Å². The highest BCUT2D eigenvalue weighted by atomic mass is 32.2. The summed E-state index contributed by atoms with van der Waals surface area (Å²) in [7, 11) is 0. The fourth-order valence-corrected chi connectivity index (χ4v) is 5.70. The van der Waals surface area contributed by atoms with E-state index in [9.17, 15) is 9.18 Å². The number of fused-ring (bicyclic) bond motifs is 2. The predicted octanol–water partition coefficient (Wildman–Crippen LogP) is 5.96. The van der Waals surface area contributed by atoms with Crippen LogP contribution in [0.25, 0.3) is 21.3 Å². The van der Waals surface area contributed by atoms with E-state index in [-0.39, 0.29) is 11.4 Å². The highest BCUT2D eigenvalue weighted by molar-refractivity contribution is 7.98. The van der Waals surface area contributed by atoms with Gasteiger partial charge in [-0.1, -0.05) is 42.1 Å². The molecule has 0 saturated heterocycles. The first-order chi connectivity index (χ1) is 14.2. The van der Waals surface area contributed by atoms with E-state index in [0.717, 1.165) is 34.4 Å². The molecular formula is C23H19FN2OS2. The lowest BCUT2D eigenvalue weighted by molar-refractivity contribution is 0.626. The predicted molar refractivity (Wildman–Crippen MR) is 118 cm³/mol. The molecule has 2 aromatic heterocycles. The molecule has 0 amide bonds. The Bertz CT molecular complexity index is 1260. The van der Waals surface area contributed by atoms with Gasteiger partial charge in [0.1, 0.15) is 10.6 Å². The average Bonchev–Trinajstić information content (AvgIpc) is 3.17. The molecular weight excluding hydrogens is 403 g/mol. The van der Waals surface area contributed by atoms with Gasteiger partial charge >= 0.3 is 0 Å². The Hall–Kier alpha value is -2.44. The zero-order valence-electron chi connectivity index (χ0n) is 15.7. The lowest BCUT2D eigenvalue weighted by Crippen LogP contribution is -2.09. The zero-order valence-corrected chi connectivity index (χ0v) is 17.3. The first kappa shape index (κ1) is 18.6. The van der Waals surface area contributed by atoms with Gasteiger partial charge in [0.05, 0.1) is 5.39 Å². The molecule has 0 spiro atoms. The van der Waals surface area contributed by atoms with Gasteiger partial charge in [0, 0.05) is 16.7 Å². The van der Waals surface area contributed by atoms with Gasteiger partial charge in [0.25, 0.3) is 5.56 Å². The third-order valence-electron chi connectivity index (χ3n) is 5.35. The Morgan fingerprint density at radius 2 is 1.97 bits per heavy atom. The number of thioether (sulfide) groups is 1. The smallest absolute Gasteiger partial charge is 0.260 e. The number of aromatic nitrogens is 2. The number of aryl methyl sites for hydroxylation is 2. The Kier molecular flexibility index (Phi) is 4.97. The molecule has 5 rings (SSSR count). The maximum Gasteiger partial charge on any atom is 0.260 e. The SMILES string of the molecule is O=c1[nH]c(SCc2cccc(F)c2)nc2scc(-c3ccc4c(c3)CCCC4)c12. The molecule has 1 aliphatic rings. The third kappa shape index (κ3) is 3.74. The second-order valence-corrected chi connectivity index (χ2v) is 9.13. The van der Waals surface area contributed by atoms with Gasteiger partial charge in [-0.2, -0.15) is 0 Å². The van der Waals surface area contributed by atoms with Crippen molar-refractivity contribution in [3.05, 3.63) is 80.7 Å².